The zero-order valence-corrected chi connectivity index (χ0v) is 12.2. The predicted octanol–water partition coefficient (Wildman–Crippen LogP) is 0.132. The number of esters is 1. The molecule has 1 rings (SSSR count). The molecule has 0 saturated carbocycles. The van der Waals surface area contributed by atoms with Gasteiger partial charge in [0, 0.05) is 12.8 Å². The van der Waals surface area contributed by atoms with Crippen LogP contribution in [0.3, 0.4) is 0 Å². The van der Waals surface area contributed by atoms with Gasteiger partial charge < -0.3 is 10.1 Å². The first-order valence-electron chi connectivity index (χ1n) is 6.24. The third-order valence-electron chi connectivity index (χ3n) is 2.43. The van der Waals surface area contributed by atoms with Gasteiger partial charge in [-0.15, -0.1) is 5.10 Å². The molecule has 0 aliphatic carbocycles. The second-order valence-corrected chi connectivity index (χ2v) is 4.93. The zero-order valence-electron chi connectivity index (χ0n) is 11.4. The fourth-order valence-electron chi connectivity index (χ4n) is 1.39. The summed E-state index contributed by atoms with van der Waals surface area (Å²) in [4.78, 5) is 23.0. The first kappa shape index (κ1) is 15.8. The Morgan fingerprint density at radius 3 is 2.84 bits per heavy atom. The van der Waals surface area contributed by atoms with Crippen molar-refractivity contribution in [3.63, 3.8) is 0 Å². The van der Waals surface area contributed by atoms with Crippen LogP contribution < -0.4 is 11.0 Å². The van der Waals surface area contributed by atoms with Crippen LogP contribution in [-0.4, -0.2) is 45.7 Å². The first-order valence-corrected chi connectivity index (χ1v) is 7.22. The van der Waals surface area contributed by atoms with E-state index in [1.807, 2.05) is 6.92 Å². The minimum Gasteiger partial charge on any atom is -0.465 e. The number of carbonyl (C=O) groups is 1. The molecule has 0 fully saturated rings. The molecule has 0 amide bonds. The molecule has 1 aromatic heterocycles. The highest BCUT2D eigenvalue weighted by molar-refractivity contribution is 7.99. The van der Waals surface area contributed by atoms with Gasteiger partial charge in [-0.2, -0.15) is 0 Å². The summed E-state index contributed by atoms with van der Waals surface area (Å²) in [7, 11) is 1.63. The first-order chi connectivity index (χ1) is 9.10. The van der Waals surface area contributed by atoms with Gasteiger partial charge in [-0.3, -0.25) is 9.36 Å². The predicted molar refractivity (Wildman–Crippen MR) is 73.3 cm³/mol. The van der Waals surface area contributed by atoms with Crippen LogP contribution in [0, 0.1) is 0 Å². The number of hydrogen-bond acceptors (Lipinski definition) is 6. The van der Waals surface area contributed by atoms with Crippen molar-refractivity contribution in [1.82, 2.24) is 20.1 Å². The van der Waals surface area contributed by atoms with E-state index in [0.29, 0.717) is 17.5 Å². The van der Waals surface area contributed by atoms with Crippen molar-refractivity contribution in [2.45, 2.75) is 31.5 Å². The molecule has 8 heteroatoms. The van der Waals surface area contributed by atoms with Crippen LogP contribution in [0.25, 0.3) is 0 Å². The van der Waals surface area contributed by atoms with Gasteiger partial charge in [0.2, 0.25) is 0 Å². The van der Waals surface area contributed by atoms with Crippen LogP contribution in [-0.2, 0) is 16.6 Å². The molecule has 0 bridgehead atoms. The van der Waals surface area contributed by atoms with Crippen LogP contribution >= 0.6 is 11.8 Å². The fourth-order valence-corrected chi connectivity index (χ4v) is 2.35. The molecular weight excluding hydrogens is 268 g/mol. The molecule has 1 unspecified atom stereocenters. The van der Waals surface area contributed by atoms with Crippen molar-refractivity contribution in [3.8, 4) is 0 Å². The molecule has 1 atom stereocenters. The Hall–Kier alpha value is -1.28. The van der Waals surface area contributed by atoms with Crippen LogP contribution in [0.1, 0.15) is 20.3 Å². The van der Waals surface area contributed by atoms with Crippen molar-refractivity contribution in [3.05, 3.63) is 10.5 Å². The maximum atomic E-state index is 11.8. The SMILES string of the molecule is CCCNC(CSc1n[nH]c(=O)n1C)C(=O)OCC. The Kier molecular flexibility index (Phi) is 6.65. The summed E-state index contributed by atoms with van der Waals surface area (Å²) in [6.45, 7) is 4.90. The average Bonchev–Trinajstić information content (AvgIpc) is 2.70. The number of nitrogens with zero attached hydrogens (tertiary/aromatic N) is 2. The van der Waals surface area contributed by atoms with Crippen molar-refractivity contribution in [2.24, 2.45) is 7.05 Å². The largest absolute Gasteiger partial charge is 0.465 e. The van der Waals surface area contributed by atoms with E-state index < -0.39 is 6.04 Å². The normalized spacial score (nSPS) is 12.4. The Labute approximate surface area is 116 Å². The van der Waals surface area contributed by atoms with Crippen molar-refractivity contribution in [2.75, 3.05) is 18.9 Å². The van der Waals surface area contributed by atoms with Gasteiger partial charge in [-0.1, -0.05) is 18.7 Å². The van der Waals surface area contributed by atoms with Crippen LogP contribution in [0.15, 0.2) is 9.95 Å². The van der Waals surface area contributed by atoms with Gasteiger partial charge in [0.15, 0.2) is 5.16 Å². The number of rotatable bonds is 8. The fraction of sp³-hybridized carbons (Fsp3) is 0.727. The maximum absolute atomic E-state index is 11.8. The van der Waals surface area contributed by atoms with E-state index in [-0.39, 0.29) is 11.7 Å². The van der Waals surface area contributed by atoms with Crippen molar-refractivity contribution in [1.29, 1.82) is 0 Å². The van der Waals surface area contributed by atoms with Crippen LogP contribution in [0.5, 0.6) is 0 Å². The molecule has 0 saturated heterocycles. The maximum Gasteiger partial charge on any atom is 0.343 e. The van der Waals surface area contributed by atoms with E-state index >= 15 is 0 Å². The lowest BCUT2D eigenvalue weighted by Crippen LogP contribution is -2.40. The number of thioether (sulfide) groups is 1. The smallest absolute Gasteiger partial charge is 0.343 e. The van der Waals surface area contributed by atoms with Gasteiger partial charge in [-0.05, 0) is 19.9 Å². The summed E-state index contributed by atoms with van der Waals surface area (Å²) in [5.74, 6) is 0.195. The van der Waals surface area contributed by atoms with Gasteiger partial charge in [0.25, 0.3) is 0 Å². The lowest BCUT2D eigenvalue weighted by Gasteiger charge is -2.16. The summed E-state index contributed by atoms with van der Waals surface area (Å²) in [6, 6.07) is -0.392. The number of carbonyl (C=O) groups excluding carboxylic acids is 1. The van der Waals surface area contributed by atoms with E-state index in [4.69, 9.17) is 4.74 Å². The van der Waals surface area contributed by atoms with Crippen molar-refractivity contribution < 1.29 is 9.53 Å². The molecule has 0 aromatic carbocycles. The molecule has 0 spiro atoms. The third-order valence-corrected chi connectivity index (χ3v) is 3.55. The quantitative estimate of drug-likeness (QED) is 0.522. The molecular formula is C11H20N4O3S. The van der Waals surface area contributed by atoms with E-state index in [9.17, 15) is 9.59 Å². The van der Waals surface area contributed by atoms with E-state index in [1.165, 1.54) is 16.3 Å². The number of aromatic amines is 1. The third kappa shape index (κ3) is 4.71. The van der Waals surface area contributed by atoms with Gasteiger partial charge >= 0.3 is 11.7 Å². The Balaban J connectivity index is 2.59. The number of nitrogens with one attached hydrogen (secondary N) is 2. The molecule has 1 heterocycles. The molecule has 0 aliphatic heterocycles. The topological polar surface area (TPSA) is 89.0 Å². The highest BCUT2D eigenvalue weighted by atomic mass is 32.2. The zero-order chi connectivity index (χ0) is 14.3. The second kappa shape index (κ2) is 8.00. The Bertz CT molecular complexity index is 457. The standard InChI is InChI=1S/C11H20N4O3S/c1-4-6-12-8(9(16)18-5-2)7-19-11-14-13-10(17)15(11)3/h8,12H,4-7H2,1-3H3,(H,13,17). The minimum atomic E-state index is -0.392. The number of H-pyrrole nitrogens is 1. The molecule has 19 heavy (non-hydrogen) atoms. The van der Waals surface area contributed by atoms with E-state index in [2.05, 4.69) is 15.5 Å². The molecule has 0 radical (unpaired) electrons. The van der Waals surface area contributed by atoms with Gasteiger partial charge in [0.05, 0.1) is 6.61 Å². The number of aromatic nitrogens is 3. The average molecular weight is 288 g/mol. The van der Waals surface area contributed by atoms with Gasteiger partial charge in [0.1, 0.15) is 6.04 Å². The summed E-state index contributed by atoms with van der Waals surface area (Å²) in [5, 5.41) is 9.92. The van der Waals surface area contributed by atoms with Gasteiger partial charge in [-0.25, -0.2) is 9.89 Å². The molecule has 1 aromatic rings. The Morgan fingerprint density at radius 1 is 1.58 bits per heavy atom. The minimum absolute atomic E-state index is 0.267. The second-order valence-electron chi connectivity index (χ2n) is 3.94. The van der Waals surface area contributed by atoms with E-state index in [1.54, 1.807) is 14.0 Å². The van der Waals surface area contributed by atoms with Crippen molar-refractivity contribution >= 4 is 17.7 Å². The summed E-state index contributed by atoms with van der Waals surface area (Å²) >= 11 is 1.34. The molecule has 0 aliphatic rings. The summed E-state index contributed by atoms with van der Waals surface area (Å²) in [6.07, 6.45) is 0.932. The highest BCUT2D eigenvalue weighted by Gasteiger charge is 2.20. The van der Waals surface area contributed by atoms with E-state index in [0.717, 1.165) is 13.0 Å². The molecule has 2 N–H and O–H groups in total. The molecule has 108 valence electrons. The highest BCUT2D eigenvalue weighted by Crippen LogP contribution is 2.14. The number of ether oxygens (including phenoxy) is 1. The van der Waals surface area contributed by atoms with Crippen LogP contribution in [0.2, 0.25) is 0 Å². The number of hydrogen-bond donors (Lipinski definition) is 2. The Morgan fingerprint density at radius 2 is 2.32 bits per heavy atom. The summed E-state index contributed by atoms with van der Waals surface area (Å²) < 4.78 is 6.42. The monoisotopic (exact) mass is 288 g/mol. The lowest BCUT2D eigenvalue weighted by atomic mass is 10.3. The lowest BCUT2D eigenvalue weighted by molar-refractivity contribution is -0.144. The van der Waals surface area contributed by atoms with Crippen LogP contribution in [0.4, 0.5) is 0 Å². The summed E-state index contributed by atoms with van der Waals surface area (Å²) in [5.41, 5.74) is -0.267. The molecule has 7 nitrogen and oxygen atoms in total.